The van der Waals surface area contributed by atoms with Crippen LogP contribution in [-0.4, -0.2) is 25.2 Å². The van der Waals surface area contributed by atoms with E-state index in [4.69, 9.17) is 0 Å². The molecule has 0 bridgehead atoms. The Balaban J connectivity index is 3.15. The minimum atomic E-state index is 0.493. The summed E-state index contributed by atoms with van der Waals surface area (Å²) in [5.74, 6) is 0.493. The molecule has 0 amide bonds. The number of hydrogen-bond acceptors (Lipinski definition) is 4. The van der Waals surface area contributed by atoms with Gasteiger partial charge in [-0.05, 0) is 18.8 Å². The third-order valence-electron chi connectivity index (χ3n) is 3.00. The van der Waals surface area contributed by atoms with Crippen molar-refractivity contribution in [2.45, 2.75) is 58.3 Å². The van der Waals surface area contributed by atoms with Gasteiger partial charge in [0.1, 0.15) is 0 Å². The van der Waals surface area contributed by atoms with Crippen molar-refractivity contribution in [1.29, 1.82) is 0 Å². The summed E-state index contributed by atoms with van der Waals surface area (Å²) in [4.78, 5) is 26.9. The van der Waals surface area contributed by atoms with Gasteiger partial charge in [-0.15, -0.1) is 0 Å². The maximum Gasteiger partial charge on any atom is 0.234 e. The highest BCUT2D eigenvalue weighted by atomic mass is 16.1. The van der Waals surface area contributed by atoms with Gasteiger partial charge in [-0.25, -0.2) is 19.6 Å². The summed E-state index contributed by atoms with van der Waals surface area (Å²) in [5.41, 5.74) is 0. The molecule has 0 aromatic rings. The van der Waals surface area contributed by atoms with E-state index in [9.17, 15) is 9.59 Å². The molecule has 0 aliphatic heterocycles. The molecule has 0 aliphatic carbocycles. The van der Waals surface area contributed by atoms with E-state index >= 15 is 0 Å². The van der Waals surface area contributed by atoms with Gasteiger partial charge in [-0.3, -0.25) is 0 Å². The highest BCUT2D eigenvalue weighted by Gasteiger charge is 2.00. The monoisotopic (exact) mass is 252 g/mol. The largest absolute Gasteiger partial charge is 0.234 e. The van der Waals surface area contributed by atoms with E-state index in [-0.39, 0.29) is 0 Å². The van der Waals surface area contributed by atoms with E-state index in [1.807, 2.05) is 0 Å². The van der Waals surface area contributed by atoms with E-state index in [1.54, 1.807) is 12.2 Å². The summed E-state index contributed by atoms with van der Waals surface area (Å²) in [5, 5.41) is 0. The molecule has 0 aromatic heterocycles. The number of unbranched alkanes of at least 4 members (excludes halogenated alkanes) is 6. The molecule has 0 rings (SSSR count). The van der Waals surface area contributed by atoms with Gasteiger partial charge in [0.2, 0.25) is 12.2 Å². The fraction of sp³-hybridized carbons (Fsp3) is 0.857. The van der Waals surface area contributed by atoms with Crippen LogP contribution in [0.1, 0.15) is 58.3 Å². The first-order valence-electron chi connectivity index (χ1n) is 6.88. The molecule has 18 heavy (non-hydrogen) atoms. The Morgan fingerprint density at radius 1 is 0.833 bits per heavy atom. The molecule has 0 saturated carbocycles. The van der Waals surface area contributed by atoms with Crippen LogP contribution in [0.3, 0.4) is 0 Å². The predicted octanol–water partition coefficient (Wildman–Crippen LogP) is 3.41. The van der Waals surface area contributed by atoms with Gasteiger partial charge in [0.05, 0.1) is 13.1 Å². The van der Waals surface area contributed by atoms with Crippen molar-refractivity contribution < 1.29 is 9.59 Å². The summed E-state index contributed by atoms with van der Waals surface area (Å²) in [6, 6.07) is 0. The predicted molar refractivity (Wildman–Crippen MR) is 72.1 cm³/mol. The highest BCUT2D eigenvalue weighted by molar-refractivity contribution is 5.32. The van der Waals surface area contributed by atoms with Crippen molar-refractivity contribution in [1.82, 2.24) is 0 Å². The number of isocyanates is 2. The van der Waals surface area contributed by atoms with Gasteiger partial charge in [-0.1, -0.05) is 45.4 Å². The molecule has 4 nitrogen and oxygen atoms in total. The minimum absolute atomic E-state index is 0.493. The standard InChI is InChI=1S/C14H24N2O2/c1-14(11-16-13-18)9-7-5-3-2-4-6-8-10-15-12-17/h14H,2-11H2,1H3. The maximum atomic E-state index is 9.93. The second-order valence-electron chi connectivity index (χ2n) is 4.77. The van der Waals surface area contributed by atoms with Crippen molar-refractivity contribution in [3.63, 3.8) is 0 Å². The van der Waals surface area contributed by atoms with Crippen LogP contribution in [0, 0.1) is 5.92 Å². The SMILES string of the molecule is CC(CCCCCCCCCN=C=O)CN=C=O. The lowest BCUT2D eigenvalue weighted by molar-refractivity contribution is 0.486. The van der Waals surface area contributed by atoms with E-state index in [1.165, 1.54) is 32.1 Å². The van der Waals surface area contributed by atoms with Gasteiger partial charge in [0.15, 0.2) is 0 Å². The van der Waals surface area contributed by atoms with Crippen LogP contribution in [0.15, 0.2) is 9.98 Å². The molecule has 0 saturated heterocycles. The first-order chi connectivity index (χ1) is 8.81. The van der Waals surface area contributed by atoms with Crippen LogP contribution < -0.4 is 0 Å². The molecule has 0 aromatic carbocycles. The van der Waals surface area contributed by atoms with Gasteiger partial charge in [-0.2, -0.15) is 0 Å². The smallest absolute Gasteiger partial charge is 0.211 e. The van der Waals surface area contributed by atoms with E-state index in [0.29, 0.717) is 19.0 Å². The number of nitrogens with zero attached hydrogens (tertiary/aromatic N) is 2. The third kappa shape index (κ3) is 12.8. The van der Waals surface area contributed by atoms with Gasteiger partial charge in [0, 0.05) is 0 Å². The number of carbonyl (C=O) groups excluding carboxylic acids is 2. The summed E-state index contributed by atoms with van der Waals surface area (Å²) >= 11 is 0. The average Bonchev–Trinajstić information content (AvgIpc) is 2.38. The quantitative estimate of drug-likeness (QED) is 0.303. The molecule has 0 N–H and O–H groups in total. The van der Waals surface area contributed by atoms with Crippen molar-refractivity contribution in [2.24, 2.45) is 15.9 Å². The summed E-state index contributed by atoms with van der Waals surface area (Å²) in [6.45, 7) is 3.35. The van der Waals surface area contributed by atoms with Gasteiger partial charge < -0.3 is 0 Å². The van der Waals surface area contributed by atoms with E-state index in [0.717, 1.165) is 19.3 Å². The molecule has 0 spiro atoms. The van der Waals surface area contributed by atoms with Crippen molar-refractivity contribution in [2.75, 3.05) is 13.1 Å². The molecule has 0 heterocycles. The number of aliphatic imine (C=N–C) groups is 2. The van der Waals surface area contributed by atoms with Crippen molar-refractivity contribution >= 4 is 12.2 Å². The van der Waals surface area contributed by atoms with E-state index in [2.05, 4.69) is 16.9 Å². The second-order valence-corrected chi connectivity index (χ2v) is 4.77. The molecule has 0 fully saturated rings. The zero-order valence-corrected chi connectivity index (χ0v) is 11.4. The summed E-state index contributed by atoms with van der Waals surface area (Å²) in [6.07, 6.45) is 12.6. The molecular formula is C14H24N2O2. The molecule has 0 aliphatic rings. The highest BCUT2D eigenvalue weighted by Crippen LogP contribution is 2.12. The fourth-order valence-electron chi connectivity index (χ4n) is 1.90. The van der Waals surface area contributed by atoms with Crippen LogP contribution in [0.25, 0.3) is 0 Å². The van der Waals surface area contributed by atoms with Crippen LogP contribution in [0.4, 0.5) is 0 Å². The second kappa shape index (κ2) is 13.8. The Kier molecular flexibility index (Phi) is 12.9. The Morgan fingerprint density at radius 2 is 1.39 bits per heavy atom. The normalized spacial score (nSPS) is 11.4. The maximum absolute atomic E-state index is 9.93. The summed E-state index contributed by atoms with van der Waals surface area (Å²) in [7, 11) is 0. The van der Waals surface area contributed by atoms with E-state index < -0.39 is 0 Å². The lowest BCUT2D eigenvalue weighted by Crippen LogP contribution is -1.98. The summed E-state index contributed by atoms with van der Waals surface area (Å²) < 4.78 is 0. The Hall–Kier alpha value is -1.24. The van der Waals surface area contributed by atoms with Gasteiger partial charge in [0.25, 0.3) is 0 Å². The zero-order chi connectivity index (χ0) is 13.5. The Bertz CT molecular complexity index is 280. The van der Waals surface area contributed by atoms with Crippen molar-refractivity contribution in [3.8, 4) is 0 Å². The molecule has 4 heteroatoms. The van der Waals surface area contributed by atoms with Crippen LogP contribution in [0.5, 0.6) is 0 Å². The molecule has 102 valence electrons. The first kappa shape index (κ1) is 16.8. The molecular weight excluding hydrogens is 228 g/mol. The van der Waals surface area contributed by atoms with Crippen LogP contribution >= 0.6 is 0 Å². The van der Waals surface area contributed by atoms with Crippen molar-refractivity contribution in [3.05, 3.63) is 0 Å². The fourth-order valence-corrected chi connectivity index (χ4v) is 1.90. The number of rotatable bonds is 12. The van der Waals surface area contributed by atoms with Crippen LogP contribution in [-0.2, 0) is 9.59 Å². The van der Waals surface area contributed by atoms with Crippen LogP contribution in [0.2, 0.25) is 0 Å². The van der Waals surface area contributed by atoms with Gasteiger partial charge >= 0.3 is 0 Å². The minimum Gasteiger partial charge on any atom is -0.211 e. The Labute approximate surface area is 110 Å². The topological polar surface area (TPSA) is 58.9 Å². The third-order valence-corrected chi connectivity index (χ3v) is 3.00. The lowest BCUT2D eigenvalue weighted by atomic mass is 10.0. The number of hydrogen-bond donors (Lipinski definition) is 0. The average molecular weight is 252 g/mol. The Morgan fingerprint density at radius 3 is 2.00 bits per heavy atom. The first-order valence-corrected chi connectivity index (χ1v) is 6.88. The zero-order valence-electron chi connectivity index (χ0n) is 11.4. The molecule has 1 unspecified atom stereocenters. The molecule has 0 radical (unpaired) electrons. The lowest BCUT2D eigenvalue weighted by Gasteiger charge is -2.06. The molecule has 1 atom stereocenters.